The van der Waals surface area contributed by atoms with Crippen molar-refractivity contribution in [3.63, 3.8) is 0 Å². The van der Waals surface area contributed by atoms with Gasteiger partial charge in [-0.25, -0.2) is 19.5 Å². The SMILES string of the molecule is C[C@@H]1OCC2(CCN(c3cnc(Sc4cccc(-c5ccn6nccc6n5)c4Cl)cn3)CC2)[C@@H]1N. The lowest BCUT2D eigenvalue weighted by Crippen LogP contribution is -2.50. The molecule has 0 bridgehead atoms. The van der Waals surface area contributed by atoms with Crippen LogP contribution >= 0.6 is 23.4 Å². The van der Waals surface area contributed by atoms with Crippen molar-refractivity contribution in [1.29, 1.82) is 0 Å². The molecule has 4 aromatic rings. The van der Waals surface area contributed by atoms with Crippen LogP contribution in [-0.4, -0.2) is 56.4 Å². The molecule has 3 aromatic heterocycles. The maximum atomic E-state index is 6.79. The lowest BCUT2D eigenvalue weighted by molar-refractivity contribution is 0.0974. The van der Waals surface area contributed by atoms with Crippen molar-refractivity contribution in [3.05, 3.63) is 60.1 Å². The molecule has 35 heavy (non-hydrogen) atoms. The van der Waals surface area contributed by atoms with E-state index < -0.39 is 0 Å². The van der Waals surface area contributed by atoms with Gasteiger partial charge in [-0.1, -0.05) is 35.5 Å². The summed E-state index contributed by atoms with van der Waals surface area (Å²) >= 11 is 8.29. The number of rotatable bonds is 4. The largest absolute Gasteiger partial charge is 0.376 e. The first-order valence-corrected chi connectivity index (χ1v) is 12.9. The summed E-state index contributed by atoms with van der Waals surface area (Å²) in [6.07, 6.45) is 9.43. The number of benzene rings is 1. The highest BCUT2D eigenvalue weighted by Gasteiger charge is 2.47. The van der Waals surface area contributed by atoms with Crippen LogP contribution in [0.25, 0.3) is 16.9 Å². The highest BCUT2D eigenvalue weighted by atomic mass is 35.5. The molecule has 1 spiro atoms. The van der Waals surface area contributed by atoms with Crippen LogP contribution < -0.4 is 10.6 Å². The van der Waals surface area contributed by atoms with Gasteiger partial charge in [-0.05, 0) is 31.9 Å². The number of fused-ring (bicyclic) bond motifs is 1. The lowest BCUT2D eigenvalue weighted by Gasteiger charge is -2.41. The molecule has 2 saturated heterocycles. The van der Waals surface area contributed by atoms with Crippen LogP contribution in [0.1, 0.15) is 19.8 Å². The minimum Gasteiger partial charge on any atom is -0.376 e. The topological polar surface area (TPSA) is 94.5 Å². The van der Waals surface area contributed by atoms with E-state index in [1.807, 2.05) is 48.9 Å². The minimum absolute atomic E-state index is 0.0956. The van der Waals surface area contributed by atoms with Crippen molar-refractivity contribution in [2.45, 2.75) is 41.8 Å². The zero-order chi connectivity index (χ0) is 24.0. The van der Waals surface area contributed by atoms with Gasteiger partial charge in [0.15, 0.2) is 5.65 Å². The Bertz CT molecular complexity index is 1350. The normalized spacial score (nSPS) is 21.7. The number of piperidine rings is 1. The molecule has 1 aromatic carbocycles. The van der Waals surface area contributed by atoms with E-state index in [1.165, 1.54) is 11.8 Å². The molecular weight excluding hydrogens is 482 g/mol. The zero-order valence-corrected chi connectivity index (χ0v) is 20.9. The number of hydrogen-bond acceptors (Lipinski definition) is 8. The smallest absolute Gasteiger partial charge is 0.155 e. The van der Waals surface area contributed by atoms with Crippen LogP contribution in [0, 0.1) is 5.41 Å². The fourth-order valence-electron chi connectivity index (χ4n) is 5.04. The Labute approximate surface area is 212 Å². The van der Waals surface area contributed by atoms with Crippen molar-refractivity contribution in [1.82, 2.24) is 24.6 Å². The second kappa shape index (κ2) is 9.05. The fraction of sp³-hybridized carbons (Fsp3) is 0.360. The highest BCUT2D eigenvalue weighted by molar-refractivity contribution is 7.99. The summed E-state index contributed by atoms with van der Waals surface area (Å²) in [4.78, 5) is 17.2. The number of anilines is 1. The lowest BCUT2D eigenvalue weighted by atomic mass is 9.73. The van der Waals surface area contributed by atoms with Gasteiger partial charge in [-0.3, -0.25) is 0 Å². The zero-order valence-electron chi connectivity index (χ0n) is 19.3. The standard InChI is InChI=1S/C25H26ClN7OS/c1-16-24(27)25(15-34-16)7-11-32(12-8-25)21-13-29-22(14-28-21)35-19-4-2-3-17(23(19)26)18-6-10-33-20(31-18)5-9-30-33/h2-6,9-10,13-14,16,24H,7-8,11-12,15,27H2,1H3/t16-,24+/m0/s1. The van der Waals surface area contributed by atoms with Gasteiger partial charge < -0.3 is 15.4 Å². The van der Waals surface area contributed by atoms with Crippen molar-refractivity contribution >= 4 is 34.8 Å². The third-order valence-corrected chi connectivity index (χ3v) is 8.76. The molecule has 6 rings (SSSR count). The van der Waals surface area contributed by atoms with Gasteiger partial charge in [0.2, 0.25) is 0 Å². The molecule has 2 N–H and O–H groups in total. The molecule has 2 fully saturated rings. The van der Waals surface area contributed by atoms with E-state index in [0.29, 0.717) is 5.02 Å². The van der Waals surface area contributed by atoms with Gasteiger partial charge in [0.05, 0.1) is 42.0 Å². The number of nitrogens with two attached hydrogens (primary N) is 1. The van der Waals surface area contributed by atoms with Gasteiger partial charge >= 0.3 is 0 Å². The molecule has 0 saturated carbocycles. The molecule has 2 atom stereocenters. The molecule has 5 heterocycles. The molecule has 180 valence electrons. The number of aromatic nitrogens is 5. The van der Waals surface area contributed by atoms with Gasteiger partial charge in [-0.2, -0.15) is 5.10 Å². The number of hydrogen-bond donors (Lipinski definition) is 1. The van der Waals surface area contributed by atoms with Gasteiger partial charge in [0.25, 0.3) is 0 Å². The summed E-state index contributed by atoms with van der Waals surface area (Å²) in [7, 11) is 0. The first-order chi connectivity index (χ1) is 17.0. The monoisotopic (exact) mass is 507 g/mol. The number of ether oxygens (including phenoxy) is 1. The van der Waals surface area contributed by atoms with E-state index in [0.717, 1.165) is 65.2 Å². The second-order valence-corrected chi connectivity index (χ2v) is 10.7. The predicted octanol–water partition coefficient (Wildman–Crippen LogP) is 4.32. The number of halogens is 1. The molecule has 0 unspecified atom stereocenters. The van der Waals surface area contributed by atoms with Crippen molar-refractivity contribution < 1.29 is 4.74 Å². The maximum absolute atomic E-state index is 6.79. The van der Waals surface area contributed by atoms with Gasteiger partial charge in [0, 0.05) is 47.3 Å². The average molecular weight is 508 g/mol. The first kappa shape index (κ1) is 22.7. The van der Waals surface area contributed by atoms with Crippen LogP contribution in [-0.2, 0) is 4.74 Å². The highest BCUT2D eigenvalue weighted by Crippen LogP contribution is 2.42. The third kappa shape index (κ3) is 4.16. The Morgan fingerprint density at radius 3 is 2.74 bits per heavy atom. The summed E-state index contributed by atoms with van der Waals surface area (Å²) in [6, 6.07) is 9.83. The van der Waals surface area contributed by atoms with E-state index in [1.54, 1.807) is 10.7 Å². The van der Waals surface area contributed by atoms with E-state index in [2.05, 4.69) is 26.9 Å². The molecule has 2 aliphatic rings. The molecule has 10 heteroatoms. The van der Waals surface area contributed by atoms with Crippen LogP contribution in [0.2, 0.25) is 5.02 Å². The quantitative estimate of drug-likeness (QED) is 0.436. The summed E-state index contributed by atoms with van der Waals surface area (Å²) in [5.41, 5.74) is 9.00. The summed E-state index contributed by atoms with van der Waals surface area (Å²) < 4.78 is 7.57. The molecule has 2 aliphatic heterocycles. The fourth-order valence-corrected chi connectivity index (χ4v) is 6.16. The van der Waals surface area contributed by atoms with E-state index >= 15 is 0 Å². The predicted molar refractivity (Wildman–Crippen MR) is 137 cm³/mol. The average Bonchev–Trinajstić information content (AvgIpc) is 3.46. The summed E-state index contributed by atoms with van der Waals surface area (Å²) in [5.74, 6) is 0.892. The van der Waals surface area contributed by atoms with Crippen LogP contribution in [0.3, 0.4) is 0 Å². The van der Waals surface area contributed by atoms with Gasteiger partial charge in [0.1, 0.15) is 10.8 Å². The second-order valence-electron chi connectivity index (χ2n) is 9.27. The Kier molecular flexibility index (Phi) is 5.88. The van der Waals surface area contributed by atoms with E-state index in [4.69, 9.17) is 27.1 Å². The number of nitrogens with zero attached hydrogens (tertiary/aromatic N) is 6. The summed E-state index contributed by atoms with van der Waals surface area (Å²) in [6.45, 7) is 4.65. The first-order valence-electron chi connectivity index (χ1n) is 11.7. The van der Waals surface area contributed by atoms with Crippen LogP contribution in [0.5, 0.6) is 0 Å². The Morgan fingerprint density at radius 1 is 1.14 bits per heavy atom. The molecule has 8 nitrogen and oxygen atoms in total. The minimum atomic E-state index is 0.0956. The summed E-state index contributed by atoms with van der Waals surface area (Å²) in [5, 5.41) is 5.64. The van der Waals surface area contributed by atoms with E-state index in [9.17, 15) is 0 Å². The Hall–Kier alpha value is -2.72. The molecule has 0 radical (unpaired) electrons. The molecule has 0 amide bonds. The van der Waals surface area contributed by atoms with Gasteiger partial charge in [-0.15, -0.1) is 0 Å². The van der Waals surface area contributed by atoms with Crippen LogP contribution in [0.4, 0.5) is 5.82 Å². The Morgan fingerprint density at radius 2 is 2.00 bits per heavy atom. The van der Waals surface area contributed by atoms with Crippen molar-refractivity contribution in [3.8, 4) is 11.3 Å². The maximum Gasteiger partial charge on any atom is 0.155 e. The molecular formula is C25H26ClN7OS. The van der Waals surface area contributed by atoms with Crippen molar-refractivity contribution in [2.24, 2.45) is 11.1 Å². The third-order valence-electron chi connectivity index (χ3n) is 7.26. The van der Waals surface area contributed by atoms with Crippen molar-refractivity contribution in [2.75, 3.05) is 24.6 Å². The van der Waals surface area contributed by atoms with Crippen LogP contribution in [0.15, 0.2) is 65.0 Å². The Balaban J connectivity index is 1.16. The molecule has 0 aliphatic carbocycles. The van der Waals surface area contributed by atoms with E-state index in [-0.39, 0.29) is 17.6 Å².